The van der Waals surface area contributed by atoms with Gasteiger partial charge in [-0.1, -0.05) is 19.4 Å². The summed E-state index contributed by atoms with van der Waals surface area (Å²) in [6.45, 7) is 2.02. The summed E-state index contributed by atoms with van der Waals surface area (Å²) in [7, 11) is 1.56. The molecule has 0 aliphatic rings. The Balaban J connectivity index is 2.01. The first-order valence-corrected chi connectivity index (χ1v) is 7.61. The van der Waals surface area contributed by atoms with Crippen molar-refractivity contribution < 1.29 is 9.53 Å². The van der Waals surface area contributed by atoms with Gasteiger partial charge in [0.25, 0.3) is 5.56 Å². The summed E-state index contributed by atoms with van der Waals surface area (Å²) >= 11 is 0. The highest BCUT2D eigenvalue weighted by atomic mass is 16.5. The summed E-state index contributed by atoms with van der Waals surface area (Å²) in [5.41, 5.74) is 1.17. The highest BCUT2D eigenvalue weighted by molar-refractivity contribution is 5.90. The number of carbonyl (C=O) groups excluding carboxylic acids is 1. The molecule has 0 bridgehead atoms. The zero-order chi connectivity index (χ0) is 16.7. The molecule has 1 amide bonds. The number of aryl methyl sites for hydroxylation is 1. The van der Waals surface area contributed by atoms with E-state index in [2.05, 4.69) is 17.2 Å². The fraction of sp³-hybridized carbons (Fsp3) is 0.353. The lowest BCUT2D eigenvalue weighted by Gasteiger charge is -2.09. The third-order valence-electron chi connectivity index (χ3n) is 3.39. The van der Waals surface area contributed by atoms with E-state index in [4.69, 9.17) is 4.74 Å². The van der Waals surface area contributed by atoms with Gasteiger partial charge in [0, 0.05) is 23.5 Å². The Morgan fingerprint density at radius 1 is 1.35 bits per heavy atom. The van der Waals surface area contributed by atoms with Crippen molar-refractivity contribution in [1.29, 1.82) is 0 Å². The Morgan fingerprint density at radius 2 is 2.17 bits per heavy atom. The maximum atomic E-state index is 12.1. The van der Waals surface area contributed by atoms with Gasteiger partial charge >= 0.3 is 0 Å². The third kappa shape index (κ3) is 4.95. The van der Waals surface area contributed by atoms with E-state index in [1.807, 2.05) is 0 Å². The van der Waals surface area contributed by atoms with E-state index >= 15 is 0 Å². The van der Waals surface area contributed by atoms with Crippen LogP contribution in [0.5, 0.6) is 5.75 Å². The van der Waals surface area contributed by atoms with Crippen LogP contribution in [0.4, 0.5) is 5.69 Å². The second-order valence-electron chi connectivity index (χ2n) is 5.23. The van der Waals surface area contributed by atoms with Gasteiger partial charge in [-0.3, -0.25) is 14.2 Å². The Hall–Kier alpha value is -2.63. The number of unbranched alkanes of at least 4 members (excludes halogenated alkanes) is 1. The standard InChI is InChI=1S/C17H21N3O3/c1-3-4-6-13-10-17(22)20(12-18-13)11-16(21)19-14-7-5-8-15(9-14)23-2/h5,7-10,12H,3-4,6,11H2,1-2H3,(H,19,21). The molecule has 0 spiro atoms. The molecule has 0 fully saturated rings. The lowest BCUT2D eigenvalue weighted by molar-refractivity contribution is -0.116. The quantitative estimate of drug-likeness (QED) is 0.850. The number of aromatic nitrogens is 2. The van der Waals surface area contributed by atoms with Crippen LogP contribution in [0.25, 0.3) is 0 Å². The van der Waals surface area contributed by atoms with Crippen molar-refractivity contribution in [2.45, 2.75) is 32.7 Å². The van der Waals surface area contributed by atoms with Crippen molar-refractivity contribution in [1.82, 2.24) is 9.55 Å². The van der Waals surface area contributed by atoms with E-state index in [0.29, 0.717) is 11.4 Å². The molecule has 1 aromatic carbocycles. The zero-order valence-corrected chi connectivity index (χ0v) is 13.4. The highest BCUT2D eigenvalue weighted by Gasteiger charge is 2.07. The maximum Gasteiger partial charge on any atom is 0.253 e. The summed E-state index contributed by atoms with van der Waals surface area (Å²) in [6.07, 6.45) is 4.25. The molecule has 0 atom stereocenters. The molecule has 23 heavy (non-hydrogen) atoms. The van der Waals surface area contributed by atoms with Crippen molar-refractivity contribution in [3.05, 3.63) is 52.7 Å². The summed E-state index contributed by atoms with van der Waals surface area (Å²) in [4.78, 5) is 28.3. The summed E-state index contributed by atoms with van der Waals surface area (Å²) in [6, 6.07) is 8.54. The van der Waals surface area contributed by atoms with Gasteiger partial charge in [0.15, 0.2) is 0 Å². The van der Waals surface area contributed by atoms with Gasteiger partial charge in [-0.15, -0.1) is 0 Å². The molecule has 0 aliphatic heterocycles. The second kappa shape index (κ2) is 8.12. The number of ether oxygens (including phenoxy) is 1. The Bertz CT molecular complexity index is 725. The van der Waals surface area contributed by atoms with Crippen LogP contribution in [-0.4, -0.2) is 22.6 Å². The van der Waals surface area contributed by atoms with E-state index in [9.17, 15) is 9.59 Å². The average Bonchev–Trinajstić information content (AvgIpc) is 2.55. The summed E-state index contributed by atoms with van der Waals surface area (Å²) < 4.78 is 6.40. The van der Waals surface area contributed by atoms with Gasteiger partial charge in [-0.2, -0.15) is 0 Å². The minimum atomic E-state index is -0.288. The first-order chi connectivity index (χ1) is 11.1. The first-order valence-electron chi connectivity index (χ1n) is 7.61. The molecule has 6 heteroatoms. The predicted molar refractivity (Wildman–Crippen MR) is 88.7 cm³/mol. The van der Waals surface area contributed by atoms with Crippen LogP contribution in [0, 0.1) is 0 Å². The van der Waals surface area contributed by atoms with Gasteiger partial charge in [0.05, 0.1) is 13.4 Å². The summed E-state index contributed by atoms with van der Waals surface area (Å²) in [5.74, 6) is 0.366. The molecule has 1 heterocycles. The normalized spacial score (nSPS) is 10.3. The fourth-order valence-corrected chi connectivity index (χ4v) is 2.13. The smallest absolute Gasteiger partial charge is 0.253 e. The first kappa shape index (κ1) is 16.7. The molecule has 122 valence electrons. The van der Waals surface area contributed by atoms with Crippen LogP contribution in [0.1, 0.15) is 25.5 Å². The van der Waals surface area contributed by atoms with Crippen molar-refractivity contribution >= 4 is 11.6 Å². The Kier molecular flexibility index (Phi) is 5.91. The molecule has 0 unspecified atom stereocenters. The highest BCUT2D eigenvalue weighted by Crippen LogP contribution is 2.16. The molecule has 1 aromatic heterocycles. The average molecular weight is 315 g/mol. The summed E-state index contributed by atoms with van der Waals surface area (Å²) in [5, 5.41) is 2.73. The number of amides is 1. The number of nitrogens with one attached hydrogen (secondary N) is 1. The lowest BCUT2D eigenvalue weighted by Crippen LogP contribution is -2.27. The van der Waals surface area contributed by atoms with Crippen LogP contribution < -0.4 is 15.6 Å². The van der Waals surface area contributed by atoms with E-state index < -0.39 is 0 Å². The number of anilines is 1. The van der Waals surface area contributed by atoms with E-state index in [0.717, 1.165) is 25.0 Å². The number of carbonyl (C=O) groups is 1. The van der Waals surface area contributed by atoms with E-state index in [1.165, 1.54) is 17.0 Å². The Morgan fingerprint density at radius 3 is 2.87 bits per heavy atom. The fourth-order valence-electron chi connectivity index (χ4n) is 2.13. The van der Waals surface area contributed by atoms with Gasteiger partial charge in [-0.05, 0) is 25.0 Å². The third-order valence-corrected chi connectivity index (χ3v) is 3.39. The van der Waals surface area contributed by atoms with E-state index in [1.54, 1.807) is 31.4 Å². The molecule has 0 aliphatic carbocycles. The number of rotatable bonds is 7. The topological polar surface area (TPSA) is 73.2 Å². The minimum absolute atomic E-state index is 0.0723. The number of nitrogens with zero attached hydrogens (tertiary/aromatic N) is 2. The Labute approximate surface area is 135 Å². The molecule has 2 rings (SSSR count). The van der Waals surface area contributed by atoms with Crippen molar-refractivity contribution in [2.75, 3.05) is 12.4 Å². The molecule has 2 aromatic rings. The van der Waals surface area contributed by atoms with Gasteiger partial charge in [-0.25, -0.2) is 4.98 Å². The van der Waals surface area contributed by atoms with Crippen LogP contribution in [-0.2, 0) is 17.8 Å². The molecular formula is C17H21N3O3. The maximum absolute atomic E-state index is 12.1. The molecule has 0 saturated carbocycles. The van der Waals surface area contributed by atoms with Gasteiger partial charge in [0.2, 0.25) is 5.91 Å². The monoisotopic (exact) mass is 315 g/mol. The van der Waals surface area contributed by atoms with E-state index in [-0.39, 0.29) is 18.0 Å². The minimum Gasteiger partial charge on any atom is -0.497 e. The van der Waals surface area contributed by atoms with Crippen LogP contribution in [0.2, 0.25) is 0 Å². The predicted octanol–water partition coefficient (Wildman–Crippen LogP) is 2.23. The lowest BCUT2D eigenvalue weighted by atomic mass is 10.2. The molecule has 6 nitrogen and oxygen atoms in total. The van der Waals surface area contributed by atoms with Crippen molar-refractivity contribution in [2.24, 2.45) is 0 Å². The van der Waals surface area contributed by atoms with Crippen LogP contribution in [0.15, 0.2) is 41.5 Å². The SMILES string of the molecule is CCCCc1cc(=O)n(CC(=O)Nc2cccc(OC)c2)cn1. The van der Waals surface area contributed by atoms with Gasteiger partial charge < -0.3 is 10.1 Å². The number of methoxy groups -OCH3 is 1. The number of hydrogen-bond donors (Lipinski definition) is 1. The number of hydrogen-bond acceptors (Lipinski definition) is 4. The molecule has 1 N–H and O–H groups in total. The zero-order valence-electron chi connectivity index (χ0n) is 13.4. The molecular weight excluding hydrogens is 294 g/mol. The van der Waals surface area contributed by atoms with Crippen molar-refractivity contribution in [3.8, 4) is 5.75 Å². The molecule has 0 saturated heterocycles. The van der Waals surface area contributed by atoms with Crippen molar-refractivity contribution in [3.63, 3.8) is 0 Å². The largest absolute Gasteiger partial charge is 0.497 e. The van der Waals surface area contributed by atoms with Crippen LogP contribution in [0.3, 0.4) is 0 Å². The molecule has 0 radical (unpaired) electrons. The number of benzene rings is 1. The van der Waals surface area contributed by atoms with Gasteiger partial charge in [0.1, 0.15) is 12.3 Å². The van der Waals surface area contributed by atoms with Crippen LogP contribution >= 0.6 is 0 Å². The second-order valence-corrected chi connectivity index (χ2v) is 5.23.